The smallest absolute Gasteiger partial charge is 0.336 e. The van der Waals surface area contributed by atoms with Crippen LogP contribution >= 0.6 is 8.60 Å². The minimum absolute atomic E-state index is 0.977. The Bertz CT molecular complexity index is 569. The zero-order chi connectivity index (χ0) is 28.2. The number of hydrogen-bond acceptors (Lipinski definition) is 3. The molecule has 0 amide bonds. The van der Waals surface area contributed by atoms with Gasteiger partial charge in [-0.05, 0) is 19.6 Å². The molecule has 0 fully saturated rings. The van der Waals surface area contributed by atoms with Gasteiger partial charge in [-0.2, -0.15) is 79.0 Å². The van der Waals surface area contributed by atoms with Crippen LogP contribution in [-0.2, 0) is 12.6 Å². The summed E-state index contributed by atoms with van der Waals surface area (Å²) in [5.74, 6) is -40.2. The SMILES string of the molecule is C[Si](OP(O[Si](C)(C(F)(F)F)C(F)(F)F)O[Si](C)(C(F)(F)F)C(F)(F)F)(C(F)(F)F)C(F)(F)F. The molecular formula is C9H9F18O3PSi3. The van der Waals surface area contributed by atoms with Crippen molar-refractivity contribution in [3.05, 3.63) is 0 Å². The van der Waals surface area contributed by atoms with Crippen LogP contribution in [-0.4, -0.2) is 59.7 Å². The molecule has 0 aliphatic rings. The molecule has 206 valence electrons. The van der Waals surface area contributed by atoms with Crippen LogP contribution in [0.4, 0.5) is 79.0 Å². The molecule has 0 atom stereocenters. The zero-order valence-corrected chi connectivity index (χ0v) is 19.9. The summed E-state index contributed by atoms with van der Waals surface area (Å²) in [4.78, 5) is 0. The second-order valence-corrected chi connectivity index (χ2v) is 18.8. The summed E-state index contributed by atoms with van der Waals surface area (Å²) in [6.45, 7) is -2.93. The van der Waals surface area contributed by atoms with Crippen molar-refractivity contribution in [2.75, 3.05) is 0 Å². The fraction of sp³-hybridized carbons (Fsp3) is 1.00. The molecule has 0 bridgehead atoms. The molecule has 0 aliphatic carbocycles. The van der Waals surface area contributed by atoms with Crippen molar-refractivity contribution in [2.45, 2.75) is 54.4 Å². The number of halogens is 18. The van der Waals surface area contributed by atoms with Crippen molar-refractivity contribution >= 4 is 33.6 Å². The largest absolute Gasteiger partial charge is 0.437 e. The molecule has 0 spiro atoms. The number of alkyl halides is 18. The van der Waals surface area contributed by atoms with Gasteiger partial charge in [0.05, 0.1) is 0 Å². The Kier molecular flexibility index (Phi) is 9.14. The Labute approximate surface area is 180 Å². The normalized spacial score (nSPS) is 16.4. The summed E-state index contributed by atoms with van der Waals surface area (Å²) in [6.07, 6.45) is 0. The van der Waals surface area contributed by atoms with E-state index in [1.807, 2.05) is 0 Å². The lowest BCUT2D eigenvalue weighted by Crippen LogP contribution is -2.66. The Hall–Kier alpha value is -0.299. The fourth-order valence-electron chi connectivity index (χ4n) is 1.30. The van der Waals surface area contributed by atoms with Gasteiger partial charge in [0, 0.05) is 0 Å². The van der Waals surface area contributed by atoms with E-state index in [0.29, 0.717) is 0 Å². The summed E-state index contributed by atoms with van der Waals surface area (Å²) in [7, 11) is -29.2. The average molecular weight is 622 g/mol. The summed E-state index contributed by atoms with van der Waals surface area (Å²) in [6, 6.07) is 0. The summed E-state index contributed by atoms with van der Waals surface area (Å²) in [5.41, 5.74) is 0. The monoisotopic (exact) mass is 622 g/mol. The highest BCUT2D eigenvalue weighted by atomic mass is 31.2. The van der Waals surface area contributed by atoms with Crippen molar-refractivity contribution in [2.24, 2.45) is 0 Å². The van der Waals surface area contributed by atoms with Crippen molar-refractivity contribution < 1.29 is 91.7 Å². The molecule has 0 heterocycles. The van der Waals surface area contributed by atoms with E-state index in [2.05, 4.69) is 12.6 Å². The second-order valence-electron chi connectivity index (χ2n) is 6.58. The first-order valence-corrected chi connectivity index (χ1v) is 15.9. The highest BCUT2D eigenvalue weighted by Crippen LogP contribution is 2.60. The first kappa shape index (κ1) is 33.7. The lowest BCUT2D eigenvalue weighted by atomic mass is 11.5. The molecule has 0 aromatic heterocycles. The van der Waals surface area contributed by atoms with Crippen LogP contribution in [0.5, 0.6) is 0 Å². The molecule has 0 N–H and O–H groups in total. The number of hydrogen-bond donors (Lipinski definition) is 0. The van der Waals surface area contributed by atoms with Crippen LogP contribution in [0.3, 0.4) is 0 Å². The van der Waals surface area contributed by atoms with Gasteiger partial charge in [0.2, 0.25) is 0 Å². The predicted octanol–water partition coefficient (Wildman–Crippen LogP) is 7.60. The summed E-state index contributed by atoms with van der Waals surface area (Å²) < 4.78 is 244. The van der Waals surface area contributed by atoms with Gasteiger partial charge in [0.1, 0.15) is 0 Å². The third kappa shape index (κ3) is 6.33. The predicted molar refractivity (Wildman–Crippen MR) is 81.4 cm³/mol. The highest BCUT2D eigenvalue weighted by Gasteiger charge is 2.80. The maximum Gasteiger partial charge on any atom is 0.437 e. The maximum atomic E-state index is 13.0. The third-order valence-electron chi connectivity index (χ3n) is 4.02. The van der Waals surface area contributed by atoms with E-state index in [9.17, 15) is 79.0 Å². The Morgan fingerprint density at radius 2 is 0.471 bits per heavy atom. The van der Waals surface area contributed by atoms with E-state index in [1.165, 1.54) is 0 Å². The van der Waals surface area contributed by atoms with E-state index >= 15 is 0 Å². The molecule has 25 heteroatoms. The van der Waals surface area contributed by atoms with Gasteiger partial charge in [-0.3, -0.25) is 0 Å². The maximum absolute atomic E-state index is 13.0. The standard InChI is InChI=1S/C9H9F18O3PSi3/c1-32(4(10,11)12,5(13,14)15)28-31(29-33(2,6(16,17)18)7(19,20)21)30-34(3,8(22,23)24)9(25,26)27/h1-3H3. The van der Waals surface area contributed by atoms with E-state index in [0.717, 1.165) is 0 Å². The molecule has 34 heavy (non-hydrogen) atoms. The number of rotatable bonds is 6. The van der Waals surface area contributed by atoms with E-state index in [1.54, 1.807) is 0 Å². The Balaban J connectivity index is 7.06. The third-order valence-corrected chi connectivity index (χ3v) is 16.7. The zero-order valence-electron chi connectivity index (χ0n) is 16.0. The van der Waals surface area contributed by atoms with Crippen LogP contribution in [0, 0.1) is 0 Å². The van der Waals surface area contributed by atoms with Gasteiger partial charge in [0.25, 0.3) is 0 Å². The van der Waals surface area contributed by atoms with Crippen molar-refractivity contribution in [3.8, 4) is 0 Å². The molecule has 0 saturated carbocycles. The van der Waals surface area contributed by atoms with Gasteiger partial charge >= 0.3 is 68.4 Å². The van der Waals surface area contributed by atoms with Crippen LogP contribution in [0.1, 0.15) is 0 Å². The lowest BCUT2D eigenvalue weighted by molar-refractivity contribution is -0.136. The molecule has 0 aliphatic heterocycles. The molecular weight excluding hydrogens is 613 g/mol. The topological polar surface area (TPSA) is 27.7 Å². The molecule has 0 saturated heterocycles. The van der Waals surface area contributed by atoms with Crippen LogP contribution < -0.4 is 0 Å². The van der Waals surface area contributed by atoms with Crippen LogP contribution in [0.15, 0.2) is 0 Å². The van der Waals surface area contributed by atoms with Gasteiger partial charge in [-0.25, -0.2) is 0 Å². The fourth-order valence-corrected chi connectivity index (χ4v) is 9.78. The van der Waals surface area contributed by atoms with E-state index in [4.69, 9.17) is 0 Å². The molecule has 0 aromatic rings. The van der Waals surface area contributed by atoms with Gasteiger partial charge in [0.15, 0.2) is 0 Å². The van der Waals surface area contributed by atoms with E-state index < -0.39 is 88.0 Å². The second kappa shape index (κ2) is 9.22. The molecule has 0 unspecified atom stereocenters. The molecule has 3 nitrogen and oxygen atoms in total. The molecule has 0 aromatic carbocycles. The average Bonchev–Trinajstić information content (AvgIpc) is 2.47. The van der Waals surface area contributed by atoms with Crippen molar-refractivity contribution in [1.29, 1.82) is 0 Å². The van der Waals surface area contributed by atoms with Crippen molar-refractivity contribution in [1.82, 2.24) is 0 Å². The highest BCUT2D eigenvalue weighted by molar-refractivity contribution is 7.48. The Morgan fingerprint density at radius 3 is 0.559 bits per heavy atom. The van der Waals surface area contributed by atoms with E-state index in [-0.39, 0.29) is 0 Å². The van der Waals surface area contributed by atoms with Crippen LogP contribution in [0.2, 0.25) is 19.6 Å². The first-order chi connectivity index (χ1) is 14.3. The van der Waals surface area contributed by atoms with Gasteiger partial charge in [-0.1, -0.05) is 0 Å². The quantitative estimate of drug-likeness (QED) is 0.174. The summed E-state index contributed by atoms with van der Waals surface area (Å²) in [5, 5.41) is 0. The first-order valence-electron chi connectivity index (χ1n) is 7.56. The molecule has 0 rings (SSSR count). The minimum Gasteiger partial charge on any atom is -0.336 e. The van der Waals surface area contributed by atoms with Crippen molar-refractivity contribution in [3.63, 3.8) is 0 Å². The minimum atomic E-state index is -7.80. The van der Waals surface area contributed by atoms with Gasteiger partial charge in [-0.15, -0.1) is 0 Å². The Morgan fingerprint density at radius 1 is 0.353 bits per heavy atom. The lowest BCUT2D eigenvalue weighted by Gasteiger charge is -2.40. The van der Waals surface area contributed by atoms with Gasteiger partial charge < -0.3 is 12.6 Å². The molecule has 0 radical (unpaired) electrons. The van der Waals surface area contributed by atoms with Crippen LogP contribution in [0.25, 0.3) is 0 Å². The summed E-state index contributed by atoms with van der Waals surface area (Å²) >= 11 is 0.